The zero-order chi connectivity index (χ0) is 14.1. The van der Waals surface area contributed by atoms with Gasteiger partial charge in [0.2, 0.25) is 0 Å². The standard InChI is InChI=1S/C15H22O3/c1-9(7-13(16)17)12-8-11(15(3,4)5)6-10(2)14(12)18/h6,8-9,18H,7H2,1-5H3,(H,16,17). The molecule has 0 aliphatic rings. The number of phenols is 1. The Morgan fingerprint density at radius 3 is 2.33 bits per heavy atom. The van der Waals surface area contributed by atoms with Crippen LogP contribution in [0.1, 0.15) is 56.7 Å². The molecule has 1 rings (SSSR count). The maximum atomic E-state index is 10.8. The second kappa shape index (κ2) is 5.01. The van der Waals surface area contributed by atoms with Gasteiger partial charge in [-0.05, 0) is 34.9 Å². The summed E-state index contributed by atoms with van der Waals surface area (Å²) in [5.74, 6) is -0.819. The number of aryl methyl sites for hydroxylation is 1. The van der Waals surface area contributed by atoms with Crippen LogP contribution in [0, 0.1) is 6.92 Å². The van der Waals surface area contributed by atoms with Crippen molar-refractivity contribution in [3.63, 3.8) is 0 Å². The zero-order valence-corrected chi connectivity index (χ0v) is 11.7. The van der Waals surface area contributed by atoms with Crippen molar-refractivity contribution in [3.05, 3.63) is 28.8 Å². The third kappa shape index (κ3) is 3.25. The van der Waals surface area contributed by atoms with Crippen LogP contribution in [0.15, 0.2) is 12.1 Å². The molecule has 0 radical (unpaired) electrons. The number of aliphatic carboxylic acids is 1. The Morgan fingerprint density at radius 2 is 1.89 bits per heavy atom. The highest BCUT2D eigenvalue weighted by molar-refractivity contribution is 5.68. The van der Waals surface area contributed by atoms with Crippen molar-refractivity contribution in [3.8, 4) is 5.75 Å². The summed E-state index contributed by atoms with van der Waals surface area (Å²) in [6, 6.07) is 3.89. The molecule has 18 heavy (non-hydrogen) atoms. The molecule has 1 aromatic rings. The van der Waals surface area contributed by atoms with Gasteiger partial charge in [-0.15, -0.1) is 0 Å². The minimum Gasteiger partial charge on any atom is -0.507 e. The van der Waals surface area contributed by atoms with Gasteiger partial charge in [0.05, 0.1) is 6.42 Å². The molecule has 3 heteroatoms. The molecule has 0 fully saturated rings. The number of carboxylic acids is 1. The SMILES string of the molecule is Cc1cc(C(C)(C)C)cc(C(C)CC(=O)O)c1O. The van der Waals surface area contributed by atoms with Crippen molar-refractivity contribution in [2.75, 3.05) is 0 Å². The van der Waals surface area contributed by atoms with Gasteiger partial charge in [0.25, 0.3) is 0 Å². The summed E-state index contributed by atoms with van der Waals surface area (Å²) in [5.41, 5.74) is 2.62. The van der Waals surface area contributed by atoms with E-state index >= 15 is 0 Å². The first-order chi connectivity index (χ1) is 8.12. The summed E-state index contributed by atoms with van der Waals surface area (Å²) < 4.78 is 0. The van der Waals surface area contributed by atoms with E-state index in [2.05, 4.69) is 20.8 Å². The van der Waals surface area contributed by atoms with E-state index in [4.69, 9.17) is 5.11 Å². The second-order valence-electron chi connectivity index (χ2n) is 5.98. The van der Waals surface area contributed by atoms with Crippen LogP contribution in [0.3, 0.4) is 0 Å². The van der Waals surface area contributed by atoms with Crippen LogP contribution in [-0.4, -0.2) is 16.2 Å². The van der Waals surface area contributed by atoms with Gasteiger partial charge in [-0.25, -0.2) is 0 Å². The molecule has 0 aliphatic heterocycles. The minimum absolute atomic E-state index is 0.0177. The summed E-state index contributed by atoms with van der Waals surface area (Å²) in [4.78, 5) is 10.8. The summed E-state index contributed by atoms with van der Waals surface area (Å²) in [6.45, 7) is 9.98. The molecular formula is C15H22O3. The molecule has 0 spiro atoms. The largest absolute Gasteiger partial charge is 0.507 e. The summed E-state index contributed by atoms with van der Waals surface area (Å²) >= 11 is 0. The molecule has 0 heterocycles. The van der Waals surface area contributed by atoms with E-state index in [0.717, 1.165) is 16.7 Å². The Hall–Kier alpha value is -1.51. The molecule has 1 atom stereocenters. The molecule has 0 aliphatic carbocycles. The number of phenolic OH excluding ortho intramolecular Hbond substituents is 1. The highest BCUT2D eigenvalue weighted by Gasteiger charge is 2.21. The number of carboxylic acid groups (broad SMARTS) is 1. The number of hydrogen-bond donors (Lipinski definition) is 2. The van der Waals surface area contributed by atoms with Crippen LogP contribution in [0.2, 0.25) is 0 Å². The first-order valence-corrected chi connectivity index (χ1v) is 6.18. The molecule has 100 valence electrons. The monoisotopic (exact) mass is 250 g/mol. The number of rotatable bonds is 3. The van der Waals surface area contributed by atoms with Gasteiger partial charge >= 0.3 is 5.97 Å². The van der Waals surface area contributed by atoms with Gasteiger partial charge in [-0.2, -0.15) is 0 Å². The third-order valence-corrected chi connectivity index (χ3v) is 3.21. The lowest BCUT2D eigenvalue weighted by Gasteiger charge is -2.23. The van der Waals surface area contributed by atoms with Crippen LogP contribution < -0.4 is 0 Å². The summed E-state index contributed by atoms with van der Waals surface area (Å²) in [5, 5.41) is 18.9. The zero-order valence-electron chi connectivity index (χ0n) is 11.7. The minimum atomic E-state index is -0.847. The molecular weight excluding hydrogens is 228 g/mol. The van der Waals surface area contributed by atoms with Crippen molar-refractivity contribution < 1.29 is 15.0 Å². The van der Waals surface area contributed by atoms with Crippen molar-refractivity contribution in [2.24, 2.45) is 0 Å². The molecule has 1 aromatic carbocycles. The van der Waals surface area contributed by atoms with Crippen LogP contribution in [0.5, 0.6) is 5.75 Å². The fraction of sp³-hybridized carbons (Fsp3) is 0.533. The van der Waals surface area contributed by atoms with Gasteiger partial charge in [-0.3, -0.25) is 4.79 Å². The lowest BCUT2D eigenvalue weighted by atomic mass is 9.82. The lowest BCUT2D eigenvalue weighted by molar-refractivity contribution is -0.137. The van der Waals surface area contributed by atoms with Crippen LogP contribution in [0.25, 0.3) is 0 Å². The van der Waals surface area contributed by atoms with Gasteiger partial charge in [0.1, 0.15) is 5.75 Å². The fourth-order valence-corrected chi connectivity index (χ4v) is 1.99. The van der Waals surface area contributed by atoms with Crippen molar-refractivity contribution in [1.29, 1.82) is 0 Å². The first-order valence-electron chi connectivity index (χ1n) is 6.18. The van der Waals surface area contributed by atoms with E-state index in [1.165, 1.54) is 0 Å². The maximum Gasteiger partial charge on any atom is 0.303 e. The van der Waals surface area contributed by atoms with Gasteiger partial charge in [0.15, 0.2) is 0 Å². The van der Waals surface area contributed by atoms with Crippen LogP contribution in [-0.2, 0) is 10.2 Å². The molecule has 2 N–H and O–H groups in total. The highest BCUT2D eigenvalue weighted by Crippen LogP contribution is 2.35. The lowest BCUT2D eigenvalue weighted by Crippen LogP contribution is -2.13. The third-order valence-electron chi connectivity index (χ3n) is 3.21. The van der Waals surface area contributed by atoms with Gasteiger partial charge in [-0.1, -0.05) is 39.8 Å². The summed E-state index contributed by atoms with van der Waals surface area (Å²) in [6.07, 6.45) is 0.0284. The molecule has 0 amide bonds. The average Bonchev–Trinajstić information content (AvgIpc) is 2.18. The Labute approximate surface area is 108 Å². The predicted molar refractivity (Wildman–Crippen MR) is 72.2 cm³/mol. The molecule has 0 saturated heterocycles. The number of aromatic hydroxyl groups is 1. The van der Waals surface area contributed by atoms with Crippen LogP contribution >= 0.6 is 0 Å². The van der Waals surface area contributed by atoms with Crippen molar-refractivity contribution in [2.45, 2.75) is 52.4 Å². The Morgan fingerprint density at radius 1 is 1.33 bits per heavy atom. The predicted octanol–water partition coefficient (Wildman–Crippen LogP) is 3.58. The van der Waals surface area contributed by atoms with E-state index in [1.54, 1.807) is 0 Å². The number of carbonyl (C=O) groups is 1. The Balaban J connectivity index is 3.26. The van der Waals surface area contributed by atoms with E-state index in [9.17, 15) is 9.90 Å². The molecule has 0 saturated carbocycles. The van der Waals surface area contributed by atoms with E-state index < -0.39 is 5.97 Å². The fourth-order valence-electron chi connectivity index (χ4n) is 1.99. The normalized spacial score (nSPS) is 13.4. The Kier molecular flexibility index (Phi) is 4.05. The highest BCUT2D eigenvalue weighted by atomic mass is 16.4. The van der Waals surface area contributed by atoms with E-state index in [1.807, 2.05) is 26.0 Å². The van der Waals surface area contributed by atoms with Crippen LogP contribution in [0.4, 0.5) is 0 Å². The smallest absolute Gasteiger partial charge is 0.303 e. The van der Waals surface area contributed by atoms with Gasteiger partial charge < -0.3 is 10.2 Å². The molecule has 3 nitrogen and oxygen atoms in total. The topological polar surface area (TPSA) is 57.5 Å². The second-order valence-corrected chi connectivity index (χ2v) is 5.98. The molecule has 0 aromatic heterocycles. The Bertz CT molecular complexity index is 456. The summed E-state index contributed by atoms with van der Waals surface area (Å²) in [7, 11) is 0. The molecule has 1 unspecified atom stereocenters. The average molecular weight is 250 g/mol. The van der Waals surface area contributed by atoms with Crippen molar-refractivity contribution >= 4 is 5.97 Å². The molecule has 0 bridgehead atoms. The number of benzene rings is 1. The number of hydrogen-bond acceptors (Lipinski definition) is 2. The van der Waals surface area contributed by atoms with E-state index in [-0.39, 0.29) is 23.5 Å². The maximum absolute atomic E-state index is 10.8. The van der Waals surface area contributed by atoms with E-state index in [0.29, 0.717) is 0 Å². The van der Waals surface area contributed by atoms with Crippen molar-refractivity contribution in [1.82, 2.24) is 0 Å². The first kappa shape index (κ1) is 14.6. The van der Waals surface area contributed by atoms with Gasteiger partial charge in [0, 0.05) is 0 Å². The quantitative estimate of drug-likeness (QED) is 0.862.